The SMILES string of the molecule is CC(=O)N(/C(=C/C#Cc1ccc(C(C)(C)C)cc1)c1ccc(C(C)(C)C)cc1)c1ccc(Cl)cc1. The van der Waals surface area contributed by atoms with E-state index in [1.807, 2.05) is 30.3 Å². The summed E-state index contributed by atoms with van der Waals surface area (Å²) < 4.78 is 0. The van der Waals surface area contributed by atoms with Gasteiger partial charge in [-0.15, -0.1) is 0 Å². The van der Waals surface area contributed by atoms with Gasteiger partial charge in [-0.3, -0.25) is 9.69 Å². The minimum absolute atomic E-state index is 0.0396. The van der Waals surface area contributed by atoms with E-state index >= 15 is 0 Å². The molecule has 0 heterocycles. The van der Waals surface area contributed by atoms with Gasteiger partial charge >= 0.3 is 0 Å². The summed E-state index contributed by atoms with van der Waals surface area (Å²) in [7, 11) is 0. The van der Waals surface area contributed by atoms with E-state index in [-0.39, 0.29) is 16.7 Å². The molecule has 2 nitrogen and oxygen atoms in total. The smallest absolute Gasteiger partial charge is 0.228 e. The van der Waals surface area contributed by atoms with Crippen LogP contribution in [-0.2, 0) is 15.6 Å². The number of allylic oxidation sites excluding steroid dienone is 1. The van der Waals surface area contributed by atoms with Gasteiger partial charge in [-0.25, -0.2) is 0 Å². The van der Waals surface area contributed by atoms with Crippen LogP contribution in [0.2, 0.25) is 5.02 Å². The summed E-state index contributed by atoms with van der Waals surface area (Å²) in [4.78, 5) is 14.5. The van der Waals surface area contributed by atoms with Gasteiger partial charge in [-0.1, -0.05) is 101 Å². The van der Waals surface area contributed by atoms with Gasteiger partial charge < -0.3 is 0 Å². The summed E-state index contributed by atoms with van der Waals surface area (Å²) in [6.45, 7) is 14.7. The summed E-state index contributed by atoms with van der Waals surface area (Å²) in [5.74, 6) is 6.31. The van der Waals surface area contributed by atoms with Crippen LogP contribution in [-0.4, -0.2) is 5.91 Å². The first-order valence-electron chi connectivity index (χ1n) is 11.9. The maximum absolute atomic E-state index is 12.8. The number of anilines is 1. The van der Waals surface area contributed by atoms with Gasteiger partial charge in [0.25, 0.3) is 0 Å². The summed E-state index contributed by atoms with van der Waals surface area (Å²) in [5.41, 5.74) is 5.94. The molecule has 0 saturated carbocycles. The number of hydrogen-bond donors (Lipinski definition) is 0. The summed E-state index contributed by atoms with van der Waals surface area (Å²) in [5, 5.41) is 0.621. The van der Waals surface area contributed by atoms with Crippen LogP contribution in [0.4, 0.5) is 5.69 Å². The molecule has 3 heteroatoms. The third kappa shape index (κ3) is 6.87. The van der Waals surface area contributed by atoms with Crippen LogP contribution in [0.1, 0.15) is 70.7 Å². The zero-order valence-corrected chi connectivity index (χ0v) is 22.5. The van der Waals surface area contributed by atoms with Gasteiger partial charge in [-0.05, 0) is 63.9 Å². The number of rotatable bonds is 3. The molecule has 0 aliphatic carbocycles. The molecule has 3 aromatic carbocycles. The van der Waals surface area contributed by atoms with E-state index in [9.17, 15) is 4.79 Å². The van der Waals surface area contributed by atoms with Gasteiger partial charge in [0.05, 0.1) is 5.70 Å². The molecule has 0 N–H and O–H groups in total. The molecular weight excluding hydrogens is 450 g/mol. The van der Waals surface area contributed by atoms with Crippen molar-refractivity contribution in [1.82, 2.24) is 0 Å². The van der Waals surface area contributed by atoms with Crippen molar-refractivity contribution >= 4 is 28.9 Å². The standard InChI is InChI=1S/C32H34ClNO/c1-23(35)34(29-21-19-28(33)20-22-29)30(25-13-17-27(18-14-25)32(5,6)7)10-8-9-24-11-15-26(16-12-24)31(2,3)4/h10-22H,1-7H3/b30-10+. The predicted molar refractivity (Wildman–Crippen MR) is 150 cm³/mol. The molecule has 1 amide bonds. The Bertz CT molecular complexity index is 1260. The zero-order chi connectivity index (χ0) is 25.8. The highest BCUT2D eigenvalue weighted by Crippen LogP contribution is 2.30. The number of carbonyl (C=O) groups excluding carboxylic acids is 1. The number of hydrogen-bond acceptors (Lipinski definition) is 1. The first-order valence-corrected chi connectivity index (χ1v) is 12.2. The lowest BCUT2D eigenvalue weighted by Crippen LogP contribution is -2.26. The highest BCUT2D eigenvalue weighted by atomic mass is 35.5. The van der Waals surface area contributed by atoms with E-state index in [1.54, 1.807) is 24.0 Å². The molecule has 3 rings (SSSR count). The average Bonchev–Trinajstić information content (AvgIpc) is 2.78. The highest BCUT2D eigenvalue weighted by Gasteiger charge is 2.20. The van der Waals surface area contributed by atoms with Gasteiger partial charge in [0.15, 0.2) is 0 Å². The maximum Gasteiger partial charge on any atom is 0.228 e. The largest absolute Gasteiger partial charge is 0.280 e. The lowest BCUT2D eigenvalue weighted by molar-refractivity contribution is -0.115. The van der Waals surface area contributed by atoms with Crippen LogP contribution in [0.5, 0.6) is 0 Å². The lowest BCUT2D eigenvalue weighted by atomic mass is 9.86. The second-order valence-corrected chi connectivity index (χ2v) is 11.2. The number of nitrogens with zero attached hydrogens (tertiary/aromatic N) is 1. The highest BCUT2D eigenvalue weighted by molar-refractivity contribution is 6.30. The topological polar surface area (TPSA) is 20.3 Å². The Balaban J connectivity index is 2.07. The quantitative estimate of drug-likeness (QED) is 0.342. The zero-order valence-electron chi connectivity index (χ0n) is 21.7. The van der Waals surface area contributed by atoms with E-state index < -0.39 is 0 Å². The molecule has 0 fully saturated rings. The fraction of sp³-hybridized carbons (Fsp3) is 0.281. The number of amides is 1. The van der Waals surface area contributed by atoms with Crippen molar-refractivity contribution in [3.63, 3.8) is 0 Å². The second-order valence-electron chi connectivity index (χ2n) is 10.8. The maximum atomic E-state index is 12.8. The van der Waals surface area contributed by atoms with Crippen molar-refractivity contribution < 1.29 is 4.79 Å². The van der Waals surface area contributed by atoms with Crippen LogP contribution in [0.15, 0.2) is 78.9 Å². The summed E-state index contributed by atoms with van der Waals surface area (Å²) in [6, 6.07) is 23.9. The van der Waals surface area contributed by atoms with E-state index in [2.05, 4.69) is 89.8 Å². The lowest BCUT2D eigenvalue weighted by Gasteiger charge is -2.25. The minimum atomic E-state index is -0.102. The molecule has 0 saturated heterocycles. The summed E-state index contributed by atoms with van der Waals surface area (Å²) in [6.07, 6.45) is 1.82. The van der Waals surface area contributed by atoms with Gasteiger partial charge in [0, 0.05) is 29.3 Å². The Labute approximate surface area is 215 Å². The number of benzene rings is 3. The van der Waals surface area contributed by atoms with Crippen LogP contribution >= 0.6 is 11.6 Å². The molecule has 0 aliphatic heterocycles. The van der Waals surface area contributed by atoms with Crippen LogP contribution < -0.4 is 4.90 Å². The van der Waals surface area contributed by atoms with E-state index in [4.69, 9.17) is 11.6 Å². The van der Waals surface area contributed by atoms with Crippen molar-refractivity contribution in [1.29, 1.82) is 0 Å². The molecule has 0 bridgehead atoms. The Hall–Kier alpha value is -3.28. The molecule has 0 aromatic heterocycles. The first kappa shape index (κ1) is 26.3. The molecule has 0 radical (unpaired) electrons. The molecular formula is C32H34ClNO. The number of halogens is 1. The van der Waals surface area contributed by atoms with E-state index in [0.29, 0.717) is 5.02 Å². The molecule has 0 spiro atoms. The third-order valence-corrected chi connectivity index (χ3v) is 6.12. The average molecular weight is 484 g/mol. The fourth-order valence-corrected chi connectivity index (χ4v) is 3.87. The Morgan fingerprint density at radius 1 is 0.771 bits per heavy atom. The fourth-order valence-electron chi connectivity index (χ4n) is 3.74. The Kier molecular flexibility index (Phi) is 7.93. The molecule has 180 valence electrons. The molecule has 0 aliphatic rings. The van der Waals surface area contributed by atoms with Crippen LogP contribution in [0, 0.1) is 11.8 Å². The molecule has 3 aromatic rings. The van der Waals surface area contributed by atoms with Crippen LogP contribution in [0.3, 0.4) is 0 Å². The van der Waals surface area contributed by atoms with Crippen LogP contribution in [0.25, 0.3) is 5.70 Å². The van der Waals surface area contributed by atoms with Crippen molar-refractivity contribution in [2.75, 3.05) is 4.90 Å². The molecule has 0 unspecified atom stereocenters. The third-order valence-electron chi connectivity index (χ3n) is 5.86. The first-order chi connectivity index (χ1) is 16.4. The van der Waals surface area contributed by atoms with Crippen molar-refractivity contribution in [2.24, 2.45) is 0 Å². The molecule has 0 atom stereocenters. The van der Waals surface area contributed by atoms with Gasteiger partial charge in [0.1, 0.15) is 0 Å². The number of carbonyl (C=O) groups is 1. The Morgan fingerprint density at radius 2 is 1.26 bits per heavy atom. The Morgan fingerprint density at radius 3 is 1.71 bits per heavy atom. The monoisotopic (exact) mass is 483 g/mol. The molecule has 35 heavy (non-hydrogen) atoms. The van der Waals surface area contributed by atoms with Crippen molar-refractivity contribution in [3.8, 4) is 11.8 Å². The summed E-state index contributed by atoms with van der Waals surface area (Å²) >= 11 is 6.10. The minimum Gasteiger partial charge on any atom is -0.280 e. The van der Waals surface area contributed by atoms with Gasteiger partial charge in [-0.2, -0.15) is 0 Å². The van der Waals surface area contributed by atoms with E-state index in [0.717, 1.165) is 22.5 Å². The van der Waals surface area contributed by atoms with Crippen molar-refractivity contribution in [3.05, 3.63) is 106 Å². The van der Waals surface area contributed by atoms with E-state index in [1.165, 1.54) is 11.1 Å². The van der Waals surface area contributed by atoms with Gasteiger partial charge in [0.2, 0.25) is 5.91 Å². The predicted octanol–water partition coefficient (Wildman–Crippen LogP) is 8.38. The second kappa shape index (κ2) is 10.5. The normalized spacial score (nSPS) is 12.1. The van der Waals surface area contributed by atoms with Crippen molar-refractivity contribution in [2.45, 2.75) is 59.3 Å².